The molecule has 29 heavy (non-hydrogen) atoms. The topological polar surface area (TPSA) is 121 Å². The third-order valence-electron chi connectivity index (χ3n) is 5.12. The summed E-state index contributed by atoms with van der Waals surface area (Å²) in [5.74, 6) is -2.02. The van der Waals surface area contributed by atoms with E-state index in [0.29, 0.717) is 29.3 Å². The van der Waals surface area contributed by atoms with E-state index in [2.05, 4.69) is 5.32 Å². The summed E-state index contributed by atoms with van der Waals surface area (Å²) < 4.78 is 24.8. The summed E-state index contributed by atoms with van der Waals surface area (Å²) in [4.78, 5) is 23.4. The quantitative estimate of drug-likeness (QED) is 0.599. The lowest BCUT2D eigenvalue weighted by Crippen LogP contribution is -2.10. The predicted molar refractivity (Wildman–Crippen MR) is 109 cm³/mol. The first-order chi connectivity index (χ1) is 13.6. The number of carboxylic acid groups (broad SMARTS) is 2. The van der Waals surface area contributed by atoms with Crippen LogP contribution in [0.4, 0.5) is 5.69 Å². The molecule has 154 valence electrons. The van der Waals surface area contributed by atoms with Crippen LogP contribution in [0.5, 0.6) is 0 Å². The van der Waals surface area contributed by atoms with Crippen LogP contribution in [0.2, 0.25) is 0 Å². The van der Waals surface area contributed by atoms with E-state index in [-0.39, 0.29) is 27.3 Å². The molecule has 3 rings (SSSR count). The Bertz CT molecular complexity index is 1090. The lowest BCUT2D eigenvalue weighted by molar-refractivity contribution is 0.0695. The Morgan fingerprint density at radius 2 is 1.69 bits per heavy atom. The number of hydrogen-bond acceptors (Lipinski definition) is 5. The minimum atomic E-state index is -3.50. The van der Waals surface area contributed by atoms with Crippen LogP contribution in [-0.2, 0) is 9.84 Å². The highest BCUT2D eigenvalue weighted by Gasteiger charge is 2.24. The summed E-state index contributed by atoms with van der Waals surface area (Å²) in [5, 5.41) is 22.3. The van der Waals surface area contributed by atoms with Crippen molar-refractivity contribution in [2.45, 2.75) is 31.6 Å². The van der Waals surface area contributed by atoms with Crippen molar-refractivity contribution in [3.05, 3.63) is 47.0 Å². The molecule has 0 aliphatic heterocycles. The van der Waals surface area contributed by atoms with Crippen LogP contribution in [-0.4, -0.2) is 42.9 Å². The van der Waals surface area contributed by atoms with Gasteiger partial charge in [0.15, 0.2) is 9.84 Å². The lowest BCUT2D eigenvalue weighted by atomic mass is 9.93. The minimum absolute atomic E-state index is 0.0793. The van der Waals surface area contributed by atoms with Gasteiger partial charge in [0.05, 0.1) is 21.8 Å². The molecule has 1 fully saturated rings. The lowest BCUT2D eigenvalue weighted by Gasteiger charge is -2.17. The first-order valence-corrected chi connectivity index (χ1v) is 11.0. The number of aromatic carboxylic acids is 2. The van der Waals surface area contributed by atoms with Crippen molar-refractivity contribution >= 4 is 27.5 Å². The number of rotatable bonds is 8. The van der Waals surface area contributed by atoms with Crippen LogP contribution >= 0.6 is 0 Å². The Morgan fingerprint density at radius 3 is 2.24 bits per heavy atom. The van der Waals surface area contributed by atoms with Crippen molar-refractivity contribution in [3.8, 4) is 11.1 Å². The summed E-state index contributed by atoms with van der Waals surface area (Å²) in [6.45, 7) is 3.84. The molecule has 7 nitrogen and oxygen atoms in total. The number of carboxylic acids is 2. The number of carbonyl (C=O) groups is 2. The van der Waals surface area contributed by atoms with Crippen LogP contribution in [0.25, 0.3) is 11.1 Å². The molecule has 0 spiro atoms. The first-order valence-electron chi connectivity index (χ1n) is 9.36. The van der Waals surface area contributed by atoms with Crippen LogP contribution in [0.3, 0.4) is 0 Å². The molecule has 0 atom stereocenters. The average Bonchev–Trinajstić information content (AvgIpc) is 3.49. The monoisotopic (exact) mass is 417 g/mol. The second kappa shape index (κ2) is 7.87. The Hall–Kier alpha value is -2.87. The van der Waals surface area contributed by atoms with E-state index in [9.17, 15) is 28.2 Å². The summed E-state index contributed by atoms with van der Waals surface area (Å²) in [6.07, 6.45) is 2.24. The molecule has 2 aromatic rings. The molecule has 0 saturated heterocycles. The van der Waals surface area contributed by atoms with E-state index in [1.807, 2.05) is 0 Å². The van der Waals surface area contributed by atoms with Gasteiger partial charge in [-0.3, -0.25) is 0 Å². The smallest absolute Gasteiger partial charge is 0.336 e. The van der Waals surface area contributed by atoms with Crippen LogP contribution in [0, 0.1) is 12.8 Å². The number of hydrogen-bond donors (Lipinski definition) is 3. The maximum Gasteiger partial charge on any atom is 0.336 e. The zero-order valence-electron chi connectivity index (χ0n) is 16.2. The molecule has 3 N–H and O–H groups in total. The first kappa shape index (κ1) is 20.9. The molecule has 0 aromatic heterocycles. The molecule has 0 unspecified atom stereocenters. The van der Waals surface area contributed by atoms with Crippen LogP contribution < -0.4 is 5.32 Å². The zero-order valence-corrected chi connectivity index (χ0v) is 17.0. The summed E-state index contributed by atoms with van der Waals surface area (Å²) in [5.41, 5.74) is 1.44. The van der Waals surface area contributed by atoms with Gasteiger partial charge in [-0.15, -0.1) is 0 Å². The number of benzene rings is 2. The summed E-state index contributed by atoms with van der Waals surface area (Å²) >= 11 is 0. The van der Waals surface area contributed by atoms with E-state index in [1.54, 1.807) is 19.9 Å². The van der Waals surface area contributed by atoms with Crippen molar-refractivity contribution in [1.82, 2.24) is 0 Å². The van der Waals surface area contributed by atoms with E-state index in [4.69, 9.17) is 0 Å². The van der Waals surface area contributed by atoms with Gasteiger partial charge in [0.25, 0.3) is 0 Å². The third kappa shape index (κ3) is 4.42. The number of nitrogens with one attached hydrogen (secondary N) is 1. The molecule has 0 radical (unpaired) electrons. The van der Waals surface area contributed by atoms with E-state index in [1.165, 1.54) is 18.2 Å². The molecule has 1 aliphatic rings. The summed E-state index contributed by atoms with van der Waals surface area (Å²) in [7, 11) is -3.50. The predicted octanol–water partition coefficient (Wildman–Crippen LogP) is 3.67. The molecule has 1 saturated carbocycles. The van der Waals surface area contributed by atoms with Crippen LogP contribution in [0.1, 0.15) is 46.0 Å². The van der Waals surface area contributed by atoms with Gasteiger partial charge in [0.1, 0.15) is 0 Å². The fourth-order valence-corrected chi connectivity index (χ4v) is 4.08. The maximum absolute atomic E-state index is 12.4. The highest BCUT2D eigenvalue weighted by Crippen LogP contribution is 2.36. The van der Waals surface area contributed by atoms with Crippen molar-refractivity contribution in [2.75, 3.05) is 17.6 Å². The molecule has 0 bridgehead atoms. The fourth-order valence-electron chi connectivity index (χ4n) is 3.17. The van der Waals surface area contributed by atoms with Gasteiger partial charge in [-0.05, 0) is 67.1 Å². The molecule has 1 aliphatic carbocycles. The van der Waals surface area contributed by atoms with Gasteiger partial charge in [0.2, 0.25) is 0 Å². The van der Waals surface area contributed by atoms with Gasteiger partial charge in [-0.2, -0.15) is 0 Å². The van der Waals surface area contributed by atoms with E-state index < -0.39 is 21.8 Å². The highest BCUT2D eigenvalue weighted by molar-refractivity contribution is 7.91. The van der Waals surface area contributed by atoms with E-state index in [0.717, 1.165) is 18.9 Å². The number of aryl methyl sites for hydroxylation is 1. The Kier molecular flexibility index (Phi) is 5.66. The number of sulfone groups is 1. The van der Waals surface area contributed by atoms with Crippen LogP contribution in [0.15, 0.2) is 35.2 Å². The van der Waals surface area contributed by atoms with Crippen molar-refractivity contribution < 1.29 is 28.2 Å². The molecular formula is C21H23NO6S. The van der Waals surface area contributed by atoms with Gasteiger partial charge in [-0.1, -0.05) is 6.92 Å². The van der Waals surface area contributed by atoms with Gasteiger partial charge in [-0.25, -0.2) is 18.0 Å². The van der Waals surface area contributed by atoms with Crippen molar-refractivity contribution in [3.63, 3.8) is 0 Å². The largest absolute Gasteiger partial charge is 0.478 e. The molecule has 0 amide bonds. The Balaban J connectivity index is 2.23. The second-order valence-electron chi connectivity index (χ2n) is 7.26. The van der Waals surface area contributed by atoms with Gasteiger partial charge in [0, 0.05) is 17.8 Å². The second-order valence-corrected chi connectivity index (χ2v) is 9.54. The fraction of sp³-hybridized carbons (Fsp3) is 0.333. The molecule has 0 heterocycles. The average molecular weight is 417 g/mol. The van der Waals surface area contributed by atoms with Crippen molar-refractivity contribution in [1.29, 1.82) is 0 Å². The zero-order chi connectivity index (χ0) is 21.3. The SMILES string of the molecule is CCS(=O)(=O)c1ccc(NCC2CC2)c(-c2cc(C)c(C(=O)O)cc2C(=O)O)c1. The normalized spacial score (nSPS) is 13.9. The van der Waals surface area contributed by atoms with Gasteiger partial charge < -0.3 is 15.5 Å². The third-order valence-corrected chi connectivity index (χ3v) is 6.86. The Labute approximate surface area is 169 Å². The highest BCUT2D eigenvalue weighted by atomic mass is 32.2. The maximum atomic E-state index is 12.4. The minimum Gasteiger partial charge on any atom is -0.478 e. The molecular weight excluding hydrogens is 394 g/mol. The Morgan fingerprint density at radius 1 is 1.03 bits per heavy atom. The molecule has 2 aromatic carbocycles. The van der Waals surface area contributed by atoms with E-state index >= 15 is 0 Å². The molecule has 8 heteroatoms. The van der Waals surface area contributed by atoms with Gasteiger partial charge >= 0.3 is 11.9 Å². The van der Waals surface area contributed by atoms with Crippen molar-refractivity contribution in [2.24, 2.45) is 5.92 Å². The number of anilines is 1. The summed E-state index contributed by atoms with van der Waals surface area (Å²) in [6, 6.07) is 7.24. The standard InChI is InChI=1S/C21H23NO6S/c1-3-29(27,28)14-6-7-19(22-11-13-4-5-13)17(9-14)16-8-12(2)15(20(23)24)10-18(16)21(25)26/h6-10,13,22H,3-5,11H2,1-2H3,(H,23,24)(H,25,26).